The first-order valence-electron chi connectivity index (χ1n) is 4.71. The van der Waals surface area contributed by atoms with E-state index in [2.05, 4.69) is 30.9 Å². The molecule has 6 heteroatoms. The highest BCUT2D eigenvalue weighted by molar-refractivity contribution is 9.10. The Hall–Kier alpha value is -1.69. The molecule has 88 valence electrons. The van der Waals surface area contributed by atoms with Gasteiger partial charge in [-0.2, -0.15) is 5.10 Å². The van der Waals surface area contributed by atoms with Gasteiger partial charge in [0.05, 0.1) is 12.8 Å². The van der Waals surface area contributed by atoms with Gasteiger partial charge in [-0.1, -0.05) is 0 Å². The summed E-state index contributed by atoms with van der Waals surface area (Å²) in [5, 5.41) is 6.53. The van der Waals surface area contributed by atoms with Crippen molar-refractivity contribution in [2.45, 2.75) is 0 Å². The van der Waals surface area contributed by atoms with Gasteiger partial charge in [0.2, 0.25) is 0 Å². The average Bonchev–Trinajstić information content (AvgIpc) is 2.77. The van der Waals surface area contributed by atoms with Crippen molar-refractivity contribution in [3.8, 4) is 11.3 Å². The van der Waals surface area contributed by atoms with Crippen LogP contribution in [0.3, 0.4) is 0 Å². The Morgan fingerprint density at radius 3 is 2.88 bits per heavy atom. The van der Waals surface area contributed by atoms with Crippen LogP contribution in [0.2, 0.25) is 0 Å². The standard InChI is InChI=1S/C11H8BrFN2O2/c1-17-11(16)10-5-9(14-15-10)7-3-2-6(13)4-8(7)12/h2-5H,1H3,(H,14,15). The number of H-pyrrole nitrogens is 1. The number of ether oxygens (including phenoxy) is 1. The van der Waals surface area contributed by atoms with Gasteiger partial charge in [0.25, 0.3) is 0 Å². The summed E-state index contributed by atoms with van der Waals surface area (Å²) in [4.78, 5) is 11.2. The fraction of sp³-hybridized carbons (Fsp3) is 0.0909. The molecule has 0 fully saturated rings. The normalized spacial score (nSPS) is 10.3. The molecule has 2 aromatic rings. The second kappa shape index (κ2) is 4.67. The maximum absolute atomic E-state index is 12.9. The van der Waals surface area contributed by atoms with E-state index in [9.17, 15) is 9.18 Å². The number of benzene rings is 1. The van der Waals surface area contributed by atoms with Crippen molar-refractivity contribution < 1.29 is 13.9 Å². The van der Waals surface area contributed by atoms with Gasteiger partial charge in [-0.05, 0) is 40.2 Å². The lowest BCUT2D eigenvalue weighted by molar-refractivity contribution is 0.0594. The highest BCUT2D eigenvalue weighted by atomic mass is 79.9. The minimum atomic E-state index is -0.498. The Labute approximate surface area is 105 Å². The molecule has 0 aliphatic rings. The average molecular weight is 299 g/mol. The van der Waals surface area contributed by atoms with Crippen molar-refractivity contribution in [2.75, 3.05) is 7.11 Å². The molecule has 1 aromatic carbocycles. The van der Waals surface area contributed by atoms with Gasteiger partial charge < -0.3 is 4.74 Å². The van der Waals surface area contributed by atoms with Crippen molar-refractivity contribution >= 4 is 21.9 Å². The van der Waals surface area contributed by atoms with Crippen LogP contribution in [0, 0.1) is 5.82 Å². The highest BCUT2D eigenvalue weighted by Gasteiger charge is 2.12. The van der Waals surface area contributed by atoms with Gasteiger partial charge in [-0.15, -0.1) is 0 Å². The third-order valence-corrected chi connectivity index (χ3v) is 2.85. The molecule has 0 aliphatic carbocycles. The fourth-order valence-electron chi connectivity index (χ4n) is 1.37. The van der Waals surface area contributed by atoms with Crippen LogP contribution >= 0.6 is 15.9 Å². The molecule has 1 aromatic heterocycles. The SMILES string of the molecule is COC(=O)c1cc(-c2ccc(F)cc2Br)n[nH]1. The number of rotatable bonds is 2. The molecule has 0 radical (unpaired) electrons. The number of nitrogens with one attached hydrogen (secondary N) is 1. The summed E-state index contributed by atoms with van der Waals surface area (Å²) in [5.41, 5.74) is 1.48. The second-order valence-corrected chi connectivity index (χ2v) is 4.14. The number of carbonyl (C=O) groups excluding carboxylic acids is 1. The predicted molar refractivity (Wildman–Crippen MR) is 63.0 cm³/mol. The quantitative estimate of drug-likeness (QED) is 0.868. The first-order valence-corrected chi connectivity index (χ1v) is 5.50. The molecule has 0 spiro atoms. The number of nitrogens with zero attached hydrogens (tertiary/aromatic N) is 1. The van der Waals surface area contributed by atoms with Crippen LogP contribution in [-0.4, -0.2) is 23.3 Å². The molecule has 0 bridgehead atoms. The first kappa shape index (κ1) is 11.8. The number of aromatic amines is 1. The number of esters is 1. The third-order valence-electron chi connectivity index (χ3n) is 2.19. The summed E-state index contributed by atoms with van der Waals surface area (Å²) in [6.45, 7) is 0. The van der Waals surface area contributed by atoms with Gasteiger partial charge >= 0.3 is 5.97 Å². The van der Waals surface area contributed by atoms with E-state index in [1.807, 2.05) is 0 Å². The summed E-state index contributed by atoms with van der Waals surface area (Å²) < 4.78 is 18.0. The van der Waals surface area contributed by atoms with Crippen LogP contribution in [0.1, 0.15) is 10.5 Å². The Morgan fingerprint density at radius 2 is 2.24 bits per heavy atom. The first-order chi connectivity index (χ1) is 8.11. The molecule has 17 heavy (non-hydrogen) atoms. The molecule has 1 heterocycles. The molecule has 0 saturated carbocycles. The second-order valence-electron chi connectivity index (χ2n) is 3.28. The van der Waals surface area contributed by atoms with Gasteiger partial charge in [0.15, 0.2) is 0 Å². The van der Waals surface area contributed by atoms with Gasteiger partial charge in [0, 0.05) is 10.0 Å². The van der Waals surface area contributed by atoms with E-state index in [4.69, 9.17) is 0 Å². The van der Waals surface area contributed by atoms with E-state index in [1.54, 1.807) is 12.1 Å². The largest absolute Gasteiger partial charge is 0.464 e. The molecule has 0 aliphatic heterocycles. The van der Waals surface area contributed by atoms with E-state index in [1.165, 1.54) is 19.2 Å². The van der Waals surface area contributed by atoms with Crippen LogP contribution in [0.4, 0.5) is 4.39 Å². The lowest BCUT2D eigenvalue weighted by Gasteiger charge is -1.99. The molecular formula is C11H8BrFN2O2. The van der Waals surface area contributed by atoms with E-state index in [-0.39, 0.29) is 11.5 Å². The van der Waals surface area contributed by atoms with Gasteiger partial charge in [0.1, 0.15) is 11.5 Å². The minimum absolute atomic E-state index is 0.249. The van der Waals surface area contributed by atoms with Gasteiger partial charge in [-0.25, -0.2) is 9.18 Å². The fourth-order valence-corrected chi connectivity index (χ4v) is 1.93. The van der Waals surface area contributed by atoms with Crippen LogP contribution in [-0.2, 0) is 4.74 Å². The van der Waals surface area contributed by atoms with E-state index < -0.39 is 5.97 Å². The monoisotopic (exact) mass is 298 g/mol. The number of hydrogen-bond acceptors (Lipinski definition) is 3. The molecule has 0 atom stereocenters. The Balaban J connectivity index is 2.40. The summed E-state index contributed by atoms with van der Waals surface area (Å²) >= 11 is 3.24. The molecule has 0 amide bonds. The number of methoxy groups -OCH3 is 1. The Morgan fingerprint density at radius 1 is 1.47 bits per heavy atom. The number of aromatic nitrogens is 2. The minimum Gasteiger partial charge on any atom is -0.464 e. The van der Waals surface area contributed by atoms with Crippen LogP contribution in [0.5, 0.6) is 0 Å². The van der Waals surface area contributed by atoms with Crippen LogP contribution < -0.4 is 0 Å². The van der Waals surface area contributed by atoms with Crippen molar-refractivity contribution in [3.05, 3.63) is 40.2 Å². The lowest BCUT2D eigenvalue weighted by atomic mass is 10.1. The van der Waals surface area contributed by atoms with Crippen molar-refractivity contribution in [1.29, 1.82) is 0 Å². The smallest absolute Gasteiger partial charge is 0.356 e. The molecular weight excluding hydrogens is 291 g/mol. The van der Waals surface area contributed by atoms with Crippen molar-refractivity contribution in [2.24, 2.45) is 0 Å². The van der Waals surface area contributed by atoms with E-state index >= 15 is 0 Å². The summed E-state index contributed by atoms with van der Waals surface area (Å²) in [5.74, 6) is -0.841. The number of halogens is 2. The number of hydrogen-bond donors (Lipinski definition) is 1. The molecule has 4 nitrogen and oxygen atoms in total. The summed E-state index contributed by atoms with van der Waals surface area (Å²) in [6, 6.07) is 5.79. The zero-order valence-electron chi connectivity index (χ0n) is 8.83. The molecule has 0 unspecified atom stereocenters. The van der Waals surface area contributed by atoms with E-state index in [0.29, 0.717) is 15.7 Å². The summed E-state index contributed by atoms with van der Waals surface area (Å²) in [7, 11) is 1.29. The lowest BCUT2D eigenvalue weighted by Crippen LogP contribution is -2.00. The van der Waals surface area contributed by atoms with Crippen LogP contribution in [0.25, 0.3) is 11.3 Å². The van der Waals surface area contributed by atoms with Gasteiger partial charge in [-0.3, -0.25) is 5.10 Å². The number of carbonyl (C=O) groups is 1. The Bertz CT molecular complexity index is 568. The molecule has 2 rings (SSSR count). The van der Waals surface area contributed by atoms with Crippen molar-refractivity contribution in [1.82, 2.24) is 10.2 Å². The van der Waals surface area contributed by atoms with Crippen molar-refractivity contribution in [3.63, 3.8) is 0 Å². The molecule has 1 N–H and O–H groups in total. The zero-order chi connectivity index (χ0) is 12.4. The maximum atomic E-state index is 12.9. The van der Waals surface area contributed by atoms with Crippen LogP contribution in [0.15, 0.2) is 28.7 Å². The zero-order valence-corrected chi connectivity index (χ0v) is 10.4. The topological polar surface area (TPSA) is 55.0 Å². The predicted octanol–water partition coefficient (Wildman–Crippen LogP) is 2.76. The Kier molecular flexibility index (Phi) is 3.23. The molecule has 0 saturated heterocycles. The highest BCUT2D eigenvalue weighted by Crippen LogP contribution is 2.27. The summed E-state index contributed by atoms with van der Waals surface area (Å²) in [6.07, 6.45) is 0. The van der Waals surface area contributed by atoms with E-state index in [0.717, 1.165) is 0 Å². The third kappa shape index (κ3) is 2.36. The maximum Gasteiger partial charge on any atom is 0.356 e.